The third kappa shape index (κ3) is 6.77. The number of piperidine rings is 1. The third-order valence-electron chi connectivity index (χ3n) is 5.73. The molecule has 0 saturated carbocycles. The van der Waals surface area contributed by atoms with Crippen molar-refractivity contribution in [1.82, 2.24) is 19.5 Å². The Morgan fingerprint density at radius 1 is 1.15 bits per heavy atom. The second-order valence-electron chi connectivity index (χ2n) is 7.91. The zero-order valence-electron chi connectivity index (χ0n) is 19.0. The molecule has 1 aliphatic heterocycles. The van der Waals surface area contributed by atoms with Gasteiger partial charge in [0.05, 0.1) is 10.8 Å². The minimum Gasteiger partial charge on any atom is -0.343 e. The number of pyridine rings is 1. The summed E-state index contributed by atoms with van der Waals surface area (Å²) >= 11 is 0. The Morgan fingerprint density at radius 2 is 1.85 bits per heavy atom. The number of sulfonamides is 1. The summed E-state index contributed by atoms with van der Waals surface area (Å²) in [5.74, 6) is -0.311. The van der Waals surface area contributed by atoms with E-state index >= 15 is 0 Å². The number of hydrogen-bond donors (Lipinski definition) is 2. The van der Waals surface area contributed by atoms with Crippen LogP contribution >= 0.6 is 0 Å². The highest BCUT2D eigenvalue weighted by molar-refractivity contribution is 7.89. The van der Waals surface area contributed by atoms with Crippen molar-refractivity contribution >= 4 is 27.6 Å². The van der Waals surface area contributed by atoms with Crippen molar-refractivity contribution in [3.05, 3.63) is 54.4 Å². The Balaban J connectivity index is 0.00000408. The average Bonchev–Trinajstić information content (AvgIpc) is 2.84. The minimum absolute atomic E-state index is 0. The molecule has 1 saturated heterocycles. The zero-order valence-corrected chi connectivity index (χ0v) is 19.8. The van der Waals surface area contributed by atoms with E-state index < -0.39 is 16.1 Å². The molecule has 0 bridgehead atoms. The van der Waals surface area contributed by atoms with E-state index in [1.807, 2.05) is 19.9 Å². The van der Waals surface area contributed by atoms with Crippen molar-refractivity contribution in [3.8, 4) is 0 Å². The van der Waals surface area contributed by atoms with Gasteiger partial charge in [-0.05, 0) is 62.6 Å². The standard InChI is InChI=1S/C23H31N5O4S.CH4/c1-3-27(4-2)22(29)19-8-6-14-28(17-19)33(31,32)21-11-9-20(10-12-21)26-23(30)25-16-18-7-5-13-24-15-18;/h5,7,9-13,15,19H,3-4,6,8,14,16-17H2,1-2H3,(H2,25,26,30);1H4/t19-;/m0./s1. The minimum atomic E-state index is -3.73. The molecule has 9 nitrogen and oxygen atoms in total. The van der Waals surface area contributed by atoms with Crippen molar-refractivity contribution < 1.29 is 18.0 Å². The highest BCUT2D eigenvalue weighted by atomic mass is 32.2. The van der Waals surface area contributed by atoms with Gasteiger partial charge < -0.3 is 15.5 Å². The van der Waals surface area contributed by atoms with Gasteiger partial charge >= 0.3 is 6.03 Å². The summed E-state index contributed by atoms with van der Waals surface area (Å²) in [6, 6.07) is 9.30. The first-order valence-corrected chi connectivity index (χ1v) is 12.6. The van der Waals surface area contributed by atoms with Crippen LogP contribution < -0.4 is 10.6 Å². The van der Waals surface area contributed by atoms with E-state index in [0.717, 1.165) is 5.56 Å². The predicted molar refractivity (Wildman–Crippen MR) is 133 cm³/mol. The molecule has 2 aromatic rings. The fourth-order valence-corrected chi connectivity index (χ4v) is 5.40. The lowest BCUT2D eigenvalue weighted by molar-refractivity contribution is -0.136. The lowest BCUT2D eigenvalue weighted by Crippen LogP contribution is -2.46. The Bertz CT molecular complexity index is 1040. The van der Waals surface area contributed by atoms with Crippen molar-refractivity contribution in [1.29, 1.82) is 0 Å². The van der Waals surface area contributed by atoms with Crippen LogP contribution in [-0.2, 0) is 21.4 Å². The highest BCUT2D eigenvalue weighted by Gasteiger charge is 2.34. The molecule has 1 fully saturated rings. The average molecular weight is 490 g/mol. The Labute approximate surface area is 202 Å². The number of benzene rings is 1. The van der Waals surface area contributed by atoms with Gasteiger partial charge in [-0.25, -0.2) is 13.2 Å². The molecule has 1 aliphatic rings. The molecule has 3 rings (SSSR count). The number of rotatable bonds is 8. The monoisotopic (exact) mass is 489 g/mol. The van der Waals surface area contributed by atoms with Gasteiger partial charge in [-0.15, -0.1) is 0 Å². The van der Waals surface area contributed by atoms with Crippen LogP contribution in [0.1, 0.15) is 39.7 Å². The zero-order chi connectivity index (χ0) is 23.8. The van der Waals surface area contributed by atoms with Gasteiger partial charge in [0.25, 0.3) is 0 Å². The Kier molecular flexibility index (Phi) is 10.0. The van der Waals surface area contributed by atoms with Crippen LogP contribution in [0.5, 0.6) is 0 Å². The lowest BCUT2D eigenvalue weighted by Gasteiger charge is -2.33. The largest absolute Gasteiger partial charge is 0.343 e. The SMILES string of the molecule is C.CCN(CC)C(=O)[C@H]1CCCN(S(=O)(=O)c2ccc(NC(=O)NCc3cccnc3)cc2)C1. The molecule has 186 valence electrons. The van der Waals surface area contributed by atoms with Crippen LogP contribution in [0.2, 0.25) is 0 Å². The van der Waals surface area contributed by atoms with Crippen LogP contribution in [0.15, 0.2) is 53.7 Å². The van der Waals surface area contributed by atoms with Gasteiger partial charge in [0.15, 0.2) is 0 Å². The molecule has 34 heavy (non-hydrogen) atoms. The number of urea groups is 1. The quantitative estimate of drug-likeness (QED) is 0.591. The summed E-state index contributed by atoms with van der Waals surface area (Å²) in [6.07, 6.45) is 4.67. The van der Waals surface area contributed by atoms with E-state index in [1.54, 1.807) is 35.5 Å². The number of anilines is 1. The Morgan fingerprint density at radius 3 is 2.47 bits per heavy atom. The van der Waals surface area contributed by atoms with E-state index in [2.05, 4.69) is 15.6 Å². The van der Waals surface area contributed by atoms with Crippen molar-refractivity contribution in [2.75, 3.05) is 31.5 Å². The second kappa shape index (κ2) is 12.5. The summed E-state index contributed by atoms with van der Waals surface area (Å²) in [4.78, 5) is 30.7. The highest BCUT2D eigenvalue weighted by Crippen LogP contribution is 2.26. The summed E-state index contributed by atoms with van der Waals surface area (Å²) in [7, 11) is -3.73. The summed E-state index contributed by atoms with van der Waals surface area (Å²) in [5.41, 5.74) is 1.35. The molecule has 3 amide bonds. The first kappa shape index (κ1) is 27.3. The van der Waals surface area contributed by atoms with Crippen LogP contribution in [0.4, 0.5) is 10.5 Å². The third-order valence-corrected chi connectivity index (χ3v) is 7.61. The van der Waals surface area contributed by atoms with Gasteiger partial charge in [0.2, 0.25) is 15.9 Å². The van der Waals surface area contributed by atoms with E-state index in [4.69, 9.17) is 0 Å². The van der Waals surface area contributed by atoms with Gasteiger partial charge in [-0.2, -0.15) is 4.31 Å². The second-order valence-corrected chi connectivity index (χ2v) is 9.84. The predicted octanol–water partition coefficient (Wildman–Crippen LogP) is 3.31. The fourth-order valence-electron chi connectivity index (χ4n) is 3.88. The maximum Gasteiger partial charge on any atom is 0.319 e. The van der Waals surface area contributed by atoms with E-state index in [0.29, 0.717) is 44.7 Å². The molecule has 1 aromatic carbocycles. The molecule has 1 atom stereocenters. The summed E-state index contributed by atoms with van der Waals surface area (Å²) < 4.78 is 27.7. The van der Waals surface area contributed by atoms with Crippen LogP contribution in [0.25, 0.3) is 0 Å². The van der Waals surface area contributed by atoms with Crippen LogP contribution in [-0.4, -0.2) is 60.7 Å². The number of nitrogens with one attached hydrogen (secondary N) is 2. The van der Waals surface area contributed by atoms with Crippen LogP contribution in [0, 0.1) is 5.92 Å². The summed E-state index contributed by atoms with van der Waals surface area (Å²) in [5, 5.41) is 5.41. The first-order chi connectivity index (χ1) is 15.8. The molecule has 0 radical (unpaired) electrons. The number of aromatic nitrogens is 1. The van der Waals surface area contributed by atoms with Gasteiger partial charge in [-0.3, -0.25) is 9.78 Å². The van der Waals surface area contributed by atoms with Gasteiger partial charge in [0, 0.05) is 50.8 Å². The van der Waals surface area contributed by atoms with Crippen molar-refractivity contribution in [2.45, 2.75) is 45.6 Å². The molecule has 0 aliphatic carbocycles. The van der Waals surface area contributed by atoms with Gasteiger partial charge in [-0.1, -0.05) is 13.5 Å². The molecule has 0 unspecified atom stereocenters. The van der Waals surface area contributed by atoms with E-state index in [-0.39, 0.29) is 30.7 Å². The number of amides is 3. The summed E-state index contributed by atoms with van der Waals surface area (Å²) in [6.45, 7) is 5.98. The fraction of sp³-hybridized carbons (Fsp3) is 0.458. The van der Waals surface area contributed by atoms with Crippen LogP contribution in [0.3, 0.4) is 0 Å². The lowest BCUT2D eigenvalue weighted by atomic mass is 9.98. The molecular weight excluding hydrogens is 454 g/mol. The maximum absolute atomic E-state index is 13.2. The first-order valence-electron chi connectivity index (χ1n) is 11.2. The molecule has 1 aromatic heterocycles. The molecule has 0 spiro atoms. The molecule has 2 N–H and O–H groups in total. The topological polar surface area (TPSA) is 112 Å². The number of nitrogens with zero attached hydrogens (tertiary/aromatic N) is 3. The van der Waals surface area contributed by atoms with Crippen molar-refractivity contribution in [3.63, 3.8) is 0 Å². The van der Waals surface area contributed by atoms with E-state index in [1.165, 1.54) is 16.4 Å². The number of carbonyl (C=O) groups is 2. The number of hydrogen-bond acceptors (Lipinski definition) is 5. The van der Waals surface area contributed by atoms with Gasteiger partial charge in [0.1, 0.15) is 0 Å². The number of carbonyl (C=O) groups excluding carboxylic acids is 2. The molecule has 2 heterocycles. The maximum atomic E-state index is 13.2. The smallest absolute Gasteiger partial charge is 0.319 e. The Hall–Kier alpha value is -2.98. The molecule has 10 heteroatoms. The van der Waals surface area contributed by atoms with E-state index in [9.17, 15) is 18.0 Å². The van der Waals surface area contributed by atoms with Crippen molar-refractivity contribution in [2.24, 2.45) is 5.92 Å². The normalized spacial score (nSPS) is 16.2. The molecular formula is C24H35N5O4S.